The van der Waals surface area contributed by atoms with E-state index in [9.17, 15) is 14.4 Å². The molecular formula is C21H20N2O7. The molecule has 1 heterocycles. The molecule has 0 aliphatic carbocycles. The van der Waals surface area contributed by atoms with Gasteiger partial charge in [-0.2, -0.15) is 0 Å². The lowest BCUT2D eigenvalue weighted by molar-refractivity contribution is -0.147. The van der Waals surface area contributed by atoms with Crippen molar-refractivity contribution in [1.29, 1.82) is 0 Å². The van der Waals surface area contributed by atoms with Crippen LogP contribution in [0.3, 0.4) is 0 Å². The fraction of sp³-hybridized carbons (Fsp3) is 0.190. The van der Waals surface area contributed by atoms with Crippen molar-refractivity contribution in [3.8, 4) is 11.5 Å². The van der Waals surface area contributed by atoms with E-state index in [2.05, 4.69) is 10.6 Å². The van der Waals surface area contributed by atoms with Crippen LogP contribution in [0, 0.1) is 0 Å². The van der Waals surface area contributed by atoms with E-state index >= 15 is 0 Å². The van der Waals surface area contributed by atoms with Crippen molar-refractivity contribution in [1.82, 2.24) is 5.32 Å². The van der Waals surface area contributed by atoms with Crippen molar-refractivity contribution in [2.24, 2.45) is 0 Å². The number of hydrogen-bond donors (Lipinski definition) is 2. The molecule has 0 saturated carbocycles. The first-order valence-corrected chi connectivity index (χ1v) is 8.93. The van der Waals surface area contributed by atoms with Crippen molar-refractivity contribution < 1.29 is 33.0 Å². The second kappa shape index (κ2) is 9.46. The zero-order valence-corrected chi connectivity index (χ0v) is 16.4. The molecule has 0 atom stereocenters. The number of rotatable bonds is 7. The Morgan fingerprint density at radius 2 is 1.67 bits per heavy atom. The van der Waals surface area contributed by atoms with Gasteiger partial charge in [-0.15, -0.1) is 0 Å². The summed E-state index contributed by atoms with van der Waals surface area (Å²) in [6, 6.07) is 11.1. The molecule has 2 N–H and O–H groups in total. The number of urea groups is 1. The molecule has 9 heteroatoms. The number of imide groups is 1. The molecule has 3 amide bonds. The first-order valence-electron chi connectivity index (χ1n) is 8.93. The maximum absolute atomic E-state index is 12.0. The average molecular weight is 412 g/mol. The predicted octanol–water partition coefficient (Wildman–Crippen LogP) is 2.88. The Balaban J connectivity index is 1.46. The number of methoxy groups -OCH3 is 2. The smallest absolute Gasteiger partial charge is 0.325 e. The molecule has 2 aromatic carbocycles. The summed E-state index contributed by atoms with van der Waals surface area (Å²) in [5, 5.41) is 5.32. The van der Waals surface area contributed by atoms with Crippen LogP contribution >= 0.6 is 0 Å². The highest BCUT2D eigenvalue weighted by Gasteiger charge is 2.15. The largest absolute Gasteiger partial charge is 0.497 e. The lowest BCUT2D eigenvalue weighted by Gasteiger charge is -2.08. The number of carbonyl (C=O) groups excluding carboxylic acids is 3. The molecule has 3 rings (SSSR count). The van der Waals surface area contributed by atoms with Crippen molar-refractivity contribution in [2.75, 3.05) is 26.1 Å². The van der Waals surface area contributed by atoms with Gasteiger partial charge in [0.15, 0.2) is 6.61 Å². The molecule has 0 saturated heterocycles. The number of furan rings is 1. The SMILES string of the molecule is COc1ccc(NC(=O)NC(=O)COC(=O)Cc2coc3cc(OC)ccc23)cc1. The fourth-order valence-electron chi connectivity index (χ4n) is 2.68. The van der Waals surface area contributed by atoms with Crippen molar-refractivity contribution >= 4 is 34.6 Å². The molecule has 1 aromatic heterocycles. The van der Waals surface area contributed by atoms with E-state index in [1.165, 1.54) is 13.4 Å². The minimum Gasteiger partial charge on any atom is -0.497 e. The van der Waals surface area contributed by atoms with Gasteiger partial charge in [0.25, 0.3) is 5.91 Å². The first kappa shape index (κ1) is 20.7. The van der Waals surface area contributed by atoms with E-state index in [1.807, 2.05) is 0 Å². The minimum absolute atomic E-state index is 0.0787. The molecule has 0 fully saturated rings. The lowest BCUT2D eigenvalue weighted by Crippen LogP contribution is -2.37. The Bertz CT molecular complexity index is 1060. The second-order valence-electron chi connectivity index (χ2n) is 6.19. The summed E-state index contributed by atoms with van der Waals surface area (Å²) < 4.78 is 20.5. The van der Waals surface area contributed by atoms with Gasteiger partial charge in [-0.05, 0) is 36.4 Å². The topological polar surface area (TPSA) is 116 Å². The molecule has 0 bridgehead atoms. The zero-order chi connectivity index (χ0) is 21.5. The molecule has 0 spiro atoms. The van der Waals surface area contributed by atoms with Crippen LogP contribution in [0.25, 0.3) is 11.0 Å². The number of amides is 3. The normalized spacial score (nSPS) is 10.3. The lowest BCUT2D eigenvalue weighted by atomic mass is 10.1. The summed E-state index contributed by atoms with van der Waals surface area (Å²) in [5.74, 6) is -0.112. The standard InChI is InChI=1S/C21H20N2O7/c1-27-15-5-3-14(4-6-15)22-21(26)23-19(24)12-30-20(25)9-13-11-29-18-10-16(28-2)7-8-17(13)18/h3-8,10-11H,9,12H2,1-2H3,(H2,22,23,24,26). The Hall–Kier alpha value is -4.01. The van der Waals surface area contributed by atoms with E-state index in [4.69, 9.17) is 18.6 Å². The van der Waals surface area contributed by atoms with Crippen molar-refractivity contribution in [3.63, 3.8) is 0 Å². The maximum atomic E-state index is 12.0. The van der Waals surface area contributed by atoms with E-state index in [0.29, 0.717) is 28.3 Å². The van der Waals surface area contributed by atoms with E-state index < -0.39 is 24.5 Å². The molecular weight excluding hydrogens is 392 g/mol. The Morgan fingerprint density at radius 1 is 0.967 bits per heavy atom. The number of hydrogen-bond acceptors (Lipinski definition) is 7. The molecule has 0 aliphatic rings. The Morgan fingerprint density at radius 3 is 2.37 bits per heavy atom. The van der Waals surface area contributed by atoms with Crippen LogP contribution in [-0.4, -0.2) is 38.7 Å². The summed E-state index contributed by atoms with van der Waals surface area (Å²) in [4.78, 5) is 35.7. The van der Waals surface area contributed by atoms with E-state index in [1.54, 1.807) is 49.6 Å². The van der Waals surface area contributed by atoms with Gasteiger partial charge in [0.05, 0.1) is 26.9 Å². The van der Waals surface area contributed by atoms with Gasteiger partial charge in [0, 0.05) is 22.7 Å². The third-order valence-corrected chi connectivity index (χ3v) is 4.16. The predicted molar refractivity (Wildman–Crippen MR) is 108 cm³/mol. The first-order chi connectivity index (χ1) is 14.5. The van der Waals surface area contributed by atoms with Gasteiger partial charge in [-0.1, -0.05) is 0 Å². The second-order valence-corrected chi connectivity index (χ2v) is 6.19. The van der Waals surface area contributed by atoms with Gasteiger partial charge in [-0.25, -0.2) is 4.79 Å². The summed E-state index contributed by atoms with van der Waals surface area (Å²) in [6.45, 7) is -0.585. The Kier molecular flexibility index (Phi) is 6.53. The van der Waals surface area contributed by atoms with Crippen LogP contribution in [0.4, 0.5) is 10.5 Å². The van der Waals surface area contributed by atoms with Crippen LogP contribution in [0.2, 0.25) is 0 Å². The van der Waals surface area contributed by atoms with E-state index in [0.717, 1.165) is 5.39 Å². The summed E-state index contributed by atoms with van der Waals surface area (Å²) in [6.07, 6.45) is 1.37. The van der Waals surface area contributed by atoms with Crippen molar-refractivity contribution in [3.05, 3.63) is 54.3 Å². The third-order valence-electron chi connectivity index (χ3n) is 4.16. The van der Waals surface area contributed by atoms with Crippen molar-refractivity contribution in [2.45, 2.75) is 6.42 Å². The fourth-order valence-corrected chi connectivity index (χ4v) is 2.68. The molecule has 0 radical (unpaired) electrons. The highest BCUT2D eigenvalue weighted by Crippen LogP contribution is 2.26. The quantitative estimate of drug-likeness (QED) is 0.573. The number of fused-ring (bicyclic) bond motifs is 1. The van der Waals surface area contributed by atoms with Crippen LogP contribution in [-0.2, 0) is 20.7 Å². The molecule has 30 heavy (non-hydrogen) atoms. The summed E-state index contributed by atoms with van der Waals surface area (Å²) >= 11 is 0. The summed E-state index contributed by atoms with van der Waals surface area (Å²) in [5.41, 5.74) is 1.67. The number of anilines is 1. The van der Waals surface area contributed by atoms with Crippen LogP contribution in [0.1, 0.15) is 5.56 Å². The maximum Gasteiger partial charge on any atom is 0.325 e. The minimum atomic E-state index is -0.754. The number of esters is 1. The molecule has 3 aromatic rings. The highest BCUT2D eigenvalue weighted by atomic mass is 16.5. The van der Waals surface area contributed by atoms with Gasteiger partial charge in [-0.3, -0.25) is 14.9 Å². The number of nitrogens with one attached hydrogen (secondary N) is 2. The monoisotopic (exact) mass is 412 g/mol. The van der Waals surface area contributed by atoms with Gasteiger partial charge in [0.1, 0.15) is 17.1 Å². The highest BCUT2D eigenvalue weighted by molar-refractivity contribution is 6.02. The molecule has 9 nitrogen and oxygen atoms in total. The average Bonchev–Trinajstić information content (AvgIpc) is 3.14. The van der Waals surface area contributed by atoms with Crippen LogP contribution < -0.4 is 20.1 Å². The van der Waals surface area contributed by atoms with E-state index in [-0.39, 0.29) is 6.42 Å². The number of carbonyl (C=O) groups is 3. The zero-order valence-electron chi connectivity index (χ0n) is 16.4. The number of benzene rings is 2. The molecule has 156 valence electrons. The van der Waals surface area contributed by atoms with Gasteiger partial charge >= 0.3 is 12.0 Å². The van der Waals surface area contributed by atoms with Gasteiger partial charge in [0.2, 0.25) is 0 Å². The summed E-state index contributed by atoms with van der Waals surface area (Å²) in [7, 11) is 3.08. The van der Waals surface area contributed by atoms with Crippen LogP contribution in [0.15, 0.2) is 53.1 Å². The molecule has 0 unspecified atom stereocenters. The van der Waals surface area contributed by atoms with Gasteiger partial charge < -0.3 is 23.9 Å². The van der Waals surface area contributed by atoms with Crippen LogP contribution in [0.5, 0.6) is 11.5 Å². The Labute approximate surface area is 171 Å². The number of ether oxygens (including phenoxy) is 3. The third kappa shape index (κ3) is 5.28. The molecule has 0 aliphatic heterocycles.